The largest absolute Gasteiger partial charge is 0.369 e. The highest BCUT2D eigenvalue weighted by Crippen LogP contribution is 2.23. The Bertz CT molecular complexity index is 1820. The number of rotatable bonds is 17. The van der Waals surface area contributed by atoms with Crippen LogP contribution in [0.4, 0.5) is 0 Å². The zero-order valence-electron chi connectivity index (χ0n) is 28.1. The van der Waals surface area contributed by atoms with Gasteiger partial charge in [-0.3, -0.25) is 28.8 Å². The van der Waals surface area contributed by atoms with Crippen molar-refractivity contribution < 1.29 is 28.8 Å². The molecule has 0 aliphatic heterocycles. The van der Waals surface area contributed by atoms with E-state index in [1.807, 2.05) is 78.9 Å². The summed E-state index contributed by atoms with van der Waals surface area (Å²) < 4.78 is 0. The molecular formula is C40H43N3O6. The number of carbonyl (C=O) groups excluding carboxylic acids is 6. The quantitative estimate of drug-likeness (QED) is 0.142. The molecule has 3 unspecified atom stereocenters. The number of hydrogen-bond donors (Lipinski definition) is 3. The van der Waals surface area contributed by atoms with Crippen molar-refractivity contribution in [3.05, 3.63) is 120 Å². The van der Waals surface area contributed by atoms with Crippen LogP contribution in [0.5, 0.6) is 0 Å². The fraction of sp³-hybridized carbons (Fsp3) is 0.300. The molecule has 3 amide bonds. The Balaban J connectivity index is 1.48. The average Bonchev–Trinajstić information content (AvgIpc) is 3.07. The second-order valence-electron chi connectivity index (χ2n) is 13.2. The molecule has 0 aromatic heterocycles. The standard InChI is InChI=1S/C40H43N3O6/c1-26(36(46)38(48)43-34(23-28-14-8-5-9-15-28)35(45)25-40(2,3)39(41)49)42-37(47)32(24-33(44)22-27-12-6-4-7-13-27)21-29-18-19-30-16-10-11-17-31(30)20-29/h4-20,26,32,34H,21-25H2,1-3H3,(H2,41,49)(H,42,47)(H,43,48). The lowest BCUT2D eigenvalue weighted by Crippen LogP contribution is -2.52. The first-order valence-electron chi connectivity index (χ1n) is 16.4. The molecule has 0 heterocycles. The van der Waals surface area contributed by atoms with E-state index in [0.29, 0.717) is 0 Å². The number of primary amides is 1. The molecule has 4 aromatic rings. The van der Waals surface area contributed by atoms with Crippen LogP contribution in [-0.4, -0.2) is 47.2 Å². The van der Waals surface area contributed by atoms with Gasteiger partial charge < -0.3 is 16.4 Å². The SMILES string of the molecule is CC(NC(=O)C(CC(=O)Cc1ccccc1)Cc1ccc2ccccc2c1)C(=O)C(=O)NC(Cc1ccccc1)C(=O)CC(C)(C)C(N)=O. The number of carbonyl (C=O) groups is 6. The van der Waals surface area contributed by atoms with Gasteiger partial charge in [0.25, 0.3) is 5.91 Å². The summed E-state index contributed by atoms with van der Waals surface area (Å²) in [6, 6.07) is 29.5. The maximum atomic E-state index is 13.7. The number of hydrogen-bond acceptors (Lipinski definition) is 6. The van der Waals surface area contributed by atoms with Gasteiger partial charge >= 0.3 is 0 Å². The van der Waals surface area contributed by atoms with Crippen LogP contribution in [0.1, 0.15) is 50.3 Å². The first-order valence-corrected chi connectivity index (χ1v) is 16.4. The van der Waals surface area contributed by atoms with Gasteiger partial charge in [-0.05, 0) is 47.2 Å². The van der Waals surface area contributed by atoms with E-state index < -0.39 is 52.7 Å². The van der Waals surface area contributed by atoms with Crippen LogP contribution in [-0.2, 0) is 48.0 Å². The fourth-order valence-corrected chi connectivity index (χ4v) is 5.64. The summed E-state index contributed by atoms with van der Waals surface area (Å²) in [5, 5.41) is 7.21. The van der Waals surface area contributed by atoms with E-state index in [1.54, 1.807) is 24.3 Å². The van der Waals surface area contributed by atoms with Crippen LogP contribution in [0.3, 0.4) is 0 Å². The van der Waals surface area contributed by atoms with E-state index >= 15 is 0 Å². The summed E-state index contributed by atoms with van der Waals surface area (Å²) in [5.41, 5.74) is 6.73. The van der Waals surface area contributed by atoms with Crippen molar-refractivity contribution in [3.8, 4) is 0 Å². The Kier molecular flexibility index (Phi) is 12.3. The summed E-state index contributed by atoms with van der Waals surface area (Å²) in [6.45, 7) is 4.47. The Hall–Kier alpha value is -5.44. The molecule has 254 valence electrons. The van der Waals surface area contributed by atoms with Gasteiger partial charge in [-0.1, -0.05) is 117 Å². The predicted molar refractivity (Wildman–Crippen MR) is 188 cm³/mol. The number of fused-ring (bicyclic) bond motifs is 1. The van der Waals surface area contributed by atoms with E-state index in [2.05, 4.69) is 10.6 Å². The first kappa shape index (κ1) is 36.4. The van der Waals surface area contributed by atoms with Crippen LogP contribution < -0.4 is 16.4 Å². The van der Waals surface area contributed by atoms with E-state index in [1.165, 1.54) is 20.8 Å². The lowest BCUT2D eigenvalue weighted by Gasteiger charge is -2.24. The third-order valence-corrected chi connectivity index (χ3v) is 8.62. The van der Waals surface area contributed by atoms with Gasteiger partial charge in [-0.25, -0.2) is 0 Å². The smallest absolute Gasteiger partial charge is 0.290 e. The van der Waals surface area contributed by atoms with Crippen LogP contribution in [0.2, 0.25) is 0 Å². The maximum Gasteiger partial charge on any atom is 0.290 e. The highest BCUT2D eigenvalue weighted by atomic mass is 16.2. The molecule has 0 aliphatic rings. The summed E-state index contributed by atoms with van der Waals surface area (Å²) in [6.07, 6.45) is 0.180. The normalized spacial score (nSPS) is 13.1. The average molecular weight is 662 g/mol. The molecule has 9 heteroatoms. The van der Waals surface area contributed by atoms with Crippen LogP contribution >= 0.6 is 0 Å². The molecule has 0 saturated carbocycles. The minimum atomic E-state index is -1.25. The minimum absolute atomic E-state index is 0.0655. The molecule has 3 atom stereocenters. The van der Waals surface area contributed by atoms with Crippen molar-refractivity contribution >= 4 is 45.8 Å². The Morgan fingerprint density at radius 3 is 1.92 bits per heavy atom. The third-order valence-electron chi connectivity index (χ3n) is 8.62. The summed E-state index contributed by atoms with van der Waals surface area (Å²) in [4.78, 5) is 78.6. The van der Waals surface area contributed by atoms with Gasteiger partial charge in [0.05, 0.1) is 17.5 Å². The summed E-state index contributed by atoms with van der Waals surface area (Å²) in [7, 11) is 0. The molecular weight excluding hydrogens is 618 g/mol. The minimum Gasteiger partial charge on any atom is -0.369 e. The van der Waals surface area contributed by atoms with E-state index in [0.717, 1.165) is 27.5 Å². The Morgan fingerprint density at radius 2 is 1.29 bits per heavy atom. The molecule has 0 spiro atoms. The van der Waals surface area contributed by atoms with Gasteiger partial charge in [-0.15, -0.1) is 0 Å². The van der Waals surface area contributed by atoms with Crippen molar-refractivity contribution in [2.45, 2.75) is 65.0 Å². The summed E-state index contributed by atoms with van der Waals surface area (Å²) in [5.74, 6) is -4.61. The Labute approximate surface area is 286 Å². The molecule has 0 aliphatic carbocycles. The molecule has 4 N–H and O–H groups in total. The number of ketones is 3. The van der Waals surface area contributed by atoms with E-state index in [-0.39, 0.29) is 37.9 Å². The lowest BCUT2D eigenvalue weighted by molar-refractivity contribution is -0.141. The van der Waals surface area contributed by atoms with E-state index in [4.69, 9.17) is 5.73 Å². The number of benzene rings is 4. The van der Waals surface area contributed by atoms with Crippen LogP contribution in [0.25, 0.3) is 10.8 Å². The van der Waals surface area contributed by atoms with Crippen molar-refractivity contribution in [2.24, 2.45) is 17.1 Å². The molecule has 0 saturated heterocycles. The first-order chi connectivity index (χ1) is 23.3. The number of Topliss-reactive ketones (excluding diaryl/α,β-unsaturated/α-hetero) is 3. The lowest BCUT2D eigenvalue weighted by atomic mass is 9.84. The molecule has 4 rings (SSSR count). The molecule has 4 aromatic carbocycles. The van der Waals surface area contributed by atoms with Gasteiger partial charge in [-0.2, -0.15) is 0 Å². The molecule has 9 nitrogen and oxygen atoms in total. The maximum absolute atomic E-state index is 13.7. The topological polar surface area (TPSA) is 152 Å². The predicted octanol–water partition coefficient (Wildman–Crippen LogP) is 4.47. The van der Waals surface area contributed by atoms with Crippen molar-refractivity contribution in [2.75, 3.05) is 0 Å². The summed E-state index contributed by atoms with van der Waals surface area (Å²) >= 11 is 0. The van der Waals surface area contributed by atoms with E-state index in [9.17, 15) is 28.8 Å². The molecule has 0 fully saturated rings. The van der Waals surface area contributed by atoms with Gasteiger partial charge in [0.2, 0.25) is 17.6 Å². The highest BCUT2D eigenvalue weighted by Gasteiger charge is 2.34. The van der Waals surface area contributed by atoms with Gasteiger partial charge in [0, 0.05) is 25.2 Å². The van der Waals surface area contributed by atoms with Crippen molar-refractivity contribution in [1.29, 1.82) is 0 Å². The second-order valence-corrected chi connectivity index (χ2v) is 13.2. The number of nitrogens with one attached hydrogen (secondary N) is 2. The van der Waals surface area contributed by atoms with Crippen LogP contribution in [0.15, 0.2) is 103 Å². The molecule has 49 heavy (non-hydrogen) atoms. The number of amides is 3. The fourth-order valence-electron chi connectivity index (χ4n) is 5.64. The van der Waals surface area contributed by atoms with Crippen molar-refractivity contribution in [1.82, 2.24) is 10.6 Å². The number of nitrogens with two attached hydrogens (primary N) is 1. The monoisotopic (exact) mass is 661 g/mol. The molecule has 0 radical (unpaired) electrons. The van der Waals surface area contributed by atoms with Gasteiger partial charge in [0.1, 0.15) is 5.78 Å². The van der Waals surface area contributed by atoms with Crippen molar-refractivity contribution in [3.63, 3.8) is 0 Å². The van der Waals surface area contributed by atoms with Crippen LogP contribution in [0, 0.1) is 11.3 Å². The zero-order valence-corrected chi connectivity index (χ0v) is 28.1. The zero-order chi connectivity index (χ0) is 35.6. The Morgan fingerprint density at radius 1 is 0.694 bits per heavy atom. The third kappa shape index (κ3) is 10.5. The molecule has 0 bridgehead atoms. The second kappa shape index (κ2) is 16.6. The van der Waals surface area contributed by atoms with Gasteiger partial charge in [0.15, 0.2) is 5.78 Å². The highest BCUT2D eigenvalue weighted by molar-refractivity contribution is 6.38.